The van der Waals surface area contributed by atoms with E-state index in [0.717, 1.165) is 12.1 Å². The predicted octanol–water partition coefficient (Wildman–Crippen LogP) is 2.75. The van der Waals surface area contributed by atoms with Gasteiger partial charge in [0.1, 0.15) is 11.1 Å². The number of hydrogen-bond acceptors (Lipinski definition) is 5. The first-order valence-electron chi connectivity index (χ1n) is 8.27. The van der Waals surface area contributed by atoms with Crippen molar-refractivity contribution in [3.8, 4) is 0 Å². The van der Waals surface area contributed by atoms with E-state index in [0.29, 0.717) is 10.6 Å². The second-order valence-electron chi connectivity index (χ2n) is 6.06. The Bertz CT molecular complexity index is 981. The molecule has 9 nitrogen and oxygen atoms in total. The minimum absolute atomic E-state index is 0.0762. The van der Waals surface area contributed by atoms with Crippen molar-refractivity contribution in [2.75, 3.05) is 0 Å². The highest BCUT2D eigenvalue weighted by molar-refractivity contribution is 6.31. The van der Waals surface area contributed by atoms with E-state index in [2.05, 4.69) is 10.7 Å². The average molecular weight is 403 g/mol. The van der Waals surface area contributed by atoms with Crippen molar-refractivity contribution in [2.45, 2.75) is 18.9 Å². The summed E-state index contributed by atoms with van der Waals surface area (Å²) in [6.07, 6.45) is 0.245. The number of hydrazine groups is 1. The van der Waals surface area contributed by atoms with Gasteiger partial charge in [0.15, 0.2) is 0 Å². The highest BCUT2D eigenvalue weighted by Crippen LogP contribution is 2.32. The first-order chi connectivity index (χ1) is 13.3. The van der Waals surface area contributed by atoms with Gasteiger partial charge in [0, 0.05) is 11.1 Å². The molecule has 1 heterocycles. The van der Waals surface area contributed by atoms with Crippen LogP contribution in [0.5, 0.6) is 0 Å². The van der Waals surface area contributed by atoms with Crippen molar-refractivity contribution in [1.29, 1.82) is 0 Å². The molecule has 0 saturated carbocycles. The molecule has 2 aromatic rings. The van der Waals surface area contributed by atoms with Crippen LogP contribution in [0.3, 0.4) is 0 Å². The van der Waals surface area contributed by atoms with Crippen LogP contribution in [0, 0.1) is 10.1 Å². The molecule has 1 saturated heterocycles. The Morgan fingerprint density at radius 1 is 1.25 bits per heavy atom. The molecule has 0 aromatic heterocycles. The molecule has 1 aliphatic rings. The van der Waals surface area contributed by atoms with Gasteiger partial charge in [-0.3, -0.25) is 25.1 Å². The van der Waals surface area contributed by atoms with E-state index in [9.17, 15) is 24.5 Å². The maximum absolute atomic E-state index is 13.0. The summed E-state index contributed by atoms with van der Waals surface area (Å²) in [5.41, 5.74) is 0.508. The lowest BCUT2D eigenvalue weighted by atomic mass is 9.87. The number of nitro benzene ring substituents is 1. The summed E-state index contributed by atoms with van der Waals surface area (Å²) >= 11 is 5.74. The van der Waals surface area contributed by atoms with E-state index >= 15 is 0 Å². The number of rotatable bonds is 5. The lowest BCUT2D eigenvalue weighted by Crippen LogP contribution is -2.48. The molecule has 1 aliphatic heterocycles. The van der Waals surface area contributed by atoms with E-state index in [-0.39, 0.29) is 17.0 Å². The molecule has 0 aliphatic carbocycles. The maximum atomic E-state index is 13.0. The number of nitro groups is 1. The molecule has 1 fully saturated rings. The molecule has 0 radical (unpaired) electrons. The lowest BCUT2D eigenvalue weighted by molar-refractivity contribution is -0.385. The van der Waals surface area contributed by atoms with Crippen LogP contribution in [0.1, 0.15) is 29.3 Å². The van der Waals surface area contributed by atoms with E-state index in [1.165, 1.54) is 6.07 Å². The van der Waals surface area contributed by atoms with Gasteiger partial charge in [-0.2, -0.15) is 5.01 Å². The standard InChI is InChI=1S/C18H15ClN4O5/c1-2-18(11-6-4-3-5-7-11)16(25)22(17(26)20-18)21-15(24)13-9-8-12(19)10-14(13)23(27)28/h3-10H,2H2,1H3,(H,20,26)(H,21,24)/t18-/m1/s1. The molecule has 1 atom stereocenters. The van der Waals surface area contributed by atoms with Gasteiger partial charge in [-0.25, -0.2) is 4.79 Å². The van der Waals surface area contributed by atoms with Crippen LogP contribution in [-0.4, -0.2) is 27.8 Å². The molecule has 28 heavy (non-hydrogen) atoms. The summed E-state index contributed by atoms with van der Waals surface area (Å²) in [5, 5.41) is 14.4. The Balaban J connectivity index is 1.92. The van der Waals surface area contributed by atoms with E-state index in [1.807, 2.05) is 0 Å². The minimum atomic E-state index is -1.34. The summed E-state index contributed by atoms with van der Waals surface area (Å²) < 4.78 is 0. The molecule has 4 amide bonds. The van der Waals surface area contributed by atoms with Crippen molar-refractivity contribution in [2.24, 2.45) is 0 Å². The van der Waals surface area contributed by atoms with Crippen LogP contribution >= 0.6 is 11.6 Å². The fourth-order valence-electron chi connectivity index (χ4n) is 3.05. The Hall–Kier alpha value is -3.46. The Morgan fingerprint density at radius 2 is 1.93 bits per heavy atom. The number of hydrogen-bond donors (Lipinski definition) is 2. The van der Waals surface area contributed by atoms with E-state index in [1.54, 1.807) is 37.3 Å². The Morgan fingerprint density at radius 3 is 2.54 bits per heavy atom. The predicted molar refractivity (Wildman–Crippen MR) is 99.4 cm³/mol. The normalized spacial score (nSPS) is 18.7. The average Bonchev–Trinajstić information content (AvgIpc) is 2.93. The fourth-order valence-corrected chi connectivity index (χ4v) is 3.21. The summed E-state index contributed by atoms with van der Waals surface area (Å²) in [6.45, 7) is 1.72. The van der Waals surface area contributed by atoms with Crippen LogP contribution in [0.15, 0.2) is 48.5 Å². The SMILES string of the molecule is CC[C@]1(c2ccccc2)NC(=O)N(NC(=O)c2ccc(Cl)cc2[N+](=O)[O-])C1=O. The van der Waals surface area contributed by atoms with Crippen LogP contribution in [0.25, 0.3) is 0 Å². The fraction of sp³-hybridized carbons (Fsp3) is 0.167. The van der Waals surface area contributed by atoms with Gasteiger partial charge < -0.3 is 5.32 Å². The lowest BCUT2D eigenvalue weighted by Gasteiger charge is -2.25. The van der Waals surface area contributed by atoms with Gasteiger partial charge in [-0.05, 0) is 24.1 Å². The topological polar surface area (TPSA) is 122 Å². The monoisotopic (exact) mass is 402 g/mol. The number of amides is 4. The number of nitrogens with zero attached hydrogens (tertiary/aromatic N) is 2. The highest BCUT2D eigenvalue weighted by atomic mass is 35.5. The zero-order valence-electron chi connectivity index (χ0n) is 14.6. The molecule has 2 N–H and O–H groups in total. The first kappa shape index (κ1) is 19.3. The highest BCUT2D eigenvalue weighted by Gasteiger charge is 2.52. The summed E-state index contributed by atoms with van der Waals surface area (Å²) in [5.74, 6) is -1.66. The summed E-state index contributed by atoms with van der Waals surface area (Å²) in [4.78, 5) is 48.3. The van der Waals surface area contributed by atoms with Crippen LogP contribution in [0.2, 0.25) is 5.02 Å². The van der Waals surface area contributed by atoms with Crippen LogP contribution in [-0.2, 0) is 10.3 Å². The minimum Gasteiger partial charge on any atom is -0.318 e. The smallest absolute Gasteiger partial charge is 0.318 e. The van der Waals surface area contributed by atoms with Crippen molar-refractivity contribution < 1.29 is 19.3 Å². The van der Waals surface area contributed by atoms with Gasteiger partial charge in [0.05, 0.1) is 4.92 Å². The Labute approximate surface area is 164 Å². The molecule has 0 spiro atoms. The quantitative estimate of drug-likeness (QED) is 0.452. The first-order valence-corrected chi connectivity index (χ1v) is 8.65. The van der Waals surface area contributed by atoms with E-state index < -0.39 is 34.0 Å². The third kappa shape index (κ3) is 3.16. The molecule has 0 unspecified atom stereocenters. The number of halogens is 1. The summed E-state index contributed by atoms with van der Waals surface area (Å²) in [7, 11) is 0. The molecule has 144 valence electrons. The third-order valence-corrected chi connectivity index (χ3v) is 4.74. The van der Waals surface area contributed by atoms with Crippen molar-refractivity contribution in [3.05, 3.63) is 74.8 Å². The number of imide groups is 1. The zero-order valence-corrected chi connectivity index (χ0v) is 15.4. The molecule has 3 rings (SSSR count). The van der Waals surface area contributed by atoms with Crippen LogP contribution < -0.4 is 10.7 Å². The van der Waals surface area contributed by atoms with Crippen molar-refractivity contribution in [1.82, 2.24) is 15.8 Å². The maximum Gasteiger partial charge on any atom is 0.344 e. The number of carbonyl (C=O) groups is 3. The largest absolute Gasteiger partial charge is 0.344 e. The van der Waals surface area contributed by atoms with E-state index in [4.69, 9.17) is 11.6 Å². The second-order valence-corrected chi connectivity index (χ2v) is 6.49. The van der Waals surface area contributed by atoms with Crippen molar-refractivity contribution >= 4 is 35.1 Å². The molecular formula is C18H15ClN4O5. The van der Waals surface area contributed by atoms with Crippen LogP contribution in [0.4, 0.5) is 10.5 Å². The summed E-state index contributed by atoms with van der Waals surface area (Å²) in [6, 6.07) is 11.2. The molecule has 0 bridgehead atoms. The Kier molecular flexibility index (Phi) is 5.02. The van der Waals surface area contributed by atoms with Gasteiger partial charge in [-0.15, -0.1) is 0 Å². The second kappa shape index (κ2) is 7.28. The van der Waals surface area contributed by atoms with Gasteiger partial charge in [0.25, 0.3) is 17.5 Å². The number of urea groups is 1. The molecule has 2 aromatic carbocycles. The number of nitrogens with one attached hydrogen (secondary N) is 2. The molecule has 10 heteroatoms. The van der Waals surface area contributed by atoms with Gasteiger partial charge in [0.2, 0.25) is 0 Å². The number of carbonyl (C=O) groups excluding carboxylic acids is 3. The third-order valence-electron chi connectivity index (χ3n) is 4.50. The van der Waals surface area contributed by atoms with Crippen molar-refractivity contribution in [3.63, 3.8) is 0 Å². The van der Waals surface area contributed by atoms with Gasteiger partial charge >= 0.3 is 6.03 Å². The van der Waals surface area contributed by atoms with Gasteiger partial charge in [-0.1, -0.05) is 48.9 Å². The number of benzene rings is 2. The molecular weight excluding hydrogens is 388 g/mol. The zero-order chi connectivity index (χ0) is 20.5.